The maximum atomic E-state index is 13.5. The number of amides is 4. The lowest BCUT2D eigenvalue weighted by Gasteiger charge is -2.45. The number of carbonyl (C=O) groups is 3. The fraction of sp³-hybridized carbons (Fsp3) is 0.414. The van der Waals surface area contributed by atoms with Gasteiger partial charge in [-0.15, -0.1) is 0 Å². The van der Waals surface area contributed by atoms with Crippen LogP contribution in [0.2, 0.25) is 0 Å². The van der Waals surface area contributed by atoms with Crippen LogP contribution in [0.5, 0.6) is 11.5 Å². The molecular formula is C29H34N6O4S. The van der Waals surface area contributed by atoms with Crippen LogP contribution in [0.3, 0.4) is 0 Å². The second kappa shape index (κ2) is 11.1. The van der Waals surface area contributed by atoms with E-state index in [4.69, 9.17) is 4.74 Å². The Balaban J connectivity index is 1.16. The Bertz CT molecular complexity index is 1320. The zero-order chi connectivity index (χ0) is 27.8. The van der Waals surface area contributed by atoms with Crippen LogP contribution < -0.4 is 25.6 Å². The summed E-state index contributed by atoms with van der Waals surface area (Å²) >= 11 is 1.49. The van der Waals surface area contributed by atoms with Crippen LogP contribution in [0.1, 0.15) is 12.8 Å². The predicted molar refractivity (Wildman–Crippen MR) is 154 cm³/mol. The number of nitrogens with one attached hydrogen (secondary N) is 3. The first-order valence-corrected chi connectivity index (χ1v) is 14.6. The quantitative estimate of drug-likeness (QED) is 0.476. The molecule has 10 nitrogen and oxygen atoms in total. The molecule has 4 aliphatic heterocycles. The lowest BCUT2D eigenvalue weighted by atomic mass is 9.86. The van der Waals surface area contributed by atoms with Crippen molar-refractivity contribution in [3.05, 3.63) is 65.2 Å². The van der Waals surface area contributed by atoms with Gasteiger partial charge in [0.2, 0.25) is 5.91 Å². The summed E-state index contributed by atoms with van der Waals surface area (Å²) in [5.74, 6) is 1.30. The molecule has 0 radical (unpaired) electrons. The number of para-hydroxylation sites is 1. The van der Waals surface area contributed by atoms with Crippen LogP contribution in [-0.2, 0) is 9.59 Å². The first-order valence-electron chi connectivity index (χ1n) is 13.7. The van der Waals surface area contributed by atoms with Gasteiger partial charge < -0.3 is 30.5 Å². The lowest BCUT2D eigenvalue weighted by molar-refractivity contribution is -0.131. The molecule has 4 atom stereocenters. The van der Waals surface area contributed by atoms with Gasteiger partial charge in [0.25, 0.3) is 5.91 Å². The minimum Gasteiger partial charge on any atom is -0.457 e. The van der Waals surface area contributed by atoms with Crippen molar-refractivity contribution in [3.63, 3.8) is 0 Å². The van der Waals surface area contributed by atoms with E-state index in [1.807, 2.05) is 78.5 Å². The number of nitrogens with zero attached hydrogens (tertiary/aromatic N) is 3. The summed E-state index contributed by atoms with van der Waals surface area (Å²) in [6.07, 6.45) is 1.50. The number of likely N-dealkylation sites (tertiary alicyclic amines) is 1. The zero-order valence-electron chi connectivity index (χ0n) is 22.6. The summed E-state index contributed by atoms with van der Waals surface area (Å²) in [6, 6.07) is 16.7. The number of piperidine rings is 1. The predicted octanol–water partition coefficient (Wildman–Crippen LogP) is 2.55. The van der Waals surface area contributed by atoms with Gasteiger partial charge >= 0.3 is 6.03 Å². The third kappa shape index (κ3) is 5.28. The van der Waals surface area contributed by atoms with E-state index >= 15 is 0 Å². The van der Waals surface area contributed by atoms with E-state index in [1.54, 1.807) is 4.90 Å². The smallest absolute Gasteiger partial charge is 0.326 e. The van der Waals surface area contributed by atoms with Gasteiger partial charge in [-0.1, -0.05) is 30.0 Å². The second-order valence-corrected chi connectivity index (χ2v) is 12.0. The normalized spacial score (nSPS) is 25.6. The van der Waals surface area contributed by atoms with Crippen molar-refractivity contribution < 1.29 is 19.1 Å². The van der Waals surface area contributed by atoms with Gasteiger partial charge in [0.15, 0.2) is 0 Å². The van der Waals surface area contributed by atoms with E-state index in [1.165, 1.54) is 11.8 Å². The Hall–Kier alpha value is -3.54. The molecule has 0 aromatic heterocycles. The Labute approximate surface area is 238 Å². The molecule has 4 amide bonds. The van der Waals surface area contributed by atoms with E-state index in [9.17, 15) is 14.4 Å². The van der Waals surface area contributed by atoms with Crippen LogP contribution in [0.4, 0.5) is 10.5 Å². The third-order valence-corrected chi connectivity index (χ3v) is 9.12. The Morgan fingerprint density at radius 3 is 2.58 bits per heavy atom. The molecule has 4 aliphatic rings. The minimum atomic E-state index is -0.234. The van der Waals surface area contributed by atoms with Gasteiger partial charge in [0, 0.05) is 36.4 Å². The Morgan fingerprint density at radius 1 is 1.07 bits per heavy atom. The molecule has 2 aromatic rings. The Kier molecular flexibility index (Phi) is 7.43. The highest BCUT2D eigenvalue weighted by molar-refractivity contribution is 8.04. The second-order valence-electron chi connectivity index (χ2n) is 10.9. The molecule has 11 heteroatoms. The van der Waals surface area contributed by atoms with Gasteiger partial charge in [-0.05, 0) is 69.9 Å². The summed E-state index contributed by atoms with van der Waals surface area (Å²) in [7, 11) is 3.74. The third-order valence-electron chi connectivity index (χ3n) is 7.77. The van der Waals surface area contributed by atoms with E-state index in [0.717, 1.165) is 30.8 Å². The number of thioether (sulfide) groups is 1. The number of anilines is 1. The lowest BCUT2D eigenvalue weighted by Crippen LogP contribution is -2.62. The average molecular weight is 563 g/mol. The van der Waals surface area contributed by atoms with Crippen LogP contribution in [-0.4, -0.2) is 85.4 Å². The zero-order valence-corrected chi connectivity index (χ0v) is 23.4. The van der Waals surface area contributed by atoms with E-state index in [0.29, 0.717) is 36.0 Å². The monoisotopic (exact) mass is 562 g/mol. The SMILES string of the molecule is CN(C)CC(=O)N1CC[C@@H](NC(=O)C2=C3NC(=O)N(c4ccc(Oc5ccccc5)cc4)C4CCNC(S2)C34)C1. The van der Waals surface area contributed by atoms with Crippen LogP contribution in [0, 0.1) is 5.92 Å². The van der Waals surface area contributed by atoms with Crippen molar-refractivity contribution in [2.45, 2.75) is 30.3 Å². The standard InChI is InChI=1S/C29H34N6O4S/c1-33(2)17-23(36)34-15-13-18(16-34)31-27(37)26-25-24-22(12-14-30-28(24)40-26)35(29(38)32-25)19-8-10-21(11-9-19)39-20-6-4-3-5-7-20/h3-11,18,22,24,28,30H,12-17H2,1-2H3,(H,31,37)(H,32,38)/t18-,22?,24?,28?/m1/s1. The highest BCUT2D eigenvalue weighted by atomic mass is 32.2. The summed E-state index contributed by atoms with van der Waals surface area (Å²) in [6.45, 7) is 2.25. The molecule has 0 spiro atoms. The molecule has 4 heterocycles. The summed E-state index contributed by atoms with van der Waals surface area (Å²) in [4.78, 5) is 45.4. The number of likely N-dealkylation sites (N-methyl/N-ethyl adjacent to an activating group) is 1. The topological polar surface area (TPSA) is 106 Å². The van der Waals surface area contributed by atoms with Gasteiger partial charge in [-0.3, -0.25) is 14.5 Å². The van der Waals surface area contributed by atoms with Gasteiger partial charge in [-0.25, -0.2) is 4.79 Å². The highest BCUT2D eigenvalue weighted by Gasteiger charge is 2.51. The molecule has 2 aromatic carbocycles. The molecule has 3 saturated heterocycles. The molecule has 6 rings (SSSR count). The minimum absolute atomic E-state index is 0.0000304. The van der Waals surface area contributed by atoms with Crippen molar-refractivity contribution in [1.82, 2.24) is 25.8 Å². The molecule has 0 saturated carbocycles. The van der Waals surface area contributed by atoms with Crippen molar-refractivity contribution in [3.8, 4) is 11.5 Å². The summed E-state index contributed by atoms with van der Waals surface area (Å²) in [5, 5.41) is 9.72. The molecule has 0 bridgehead atoms. The fourth-order valence-electron chi connectivity index (χ4n) is 5.95. The summed E-state index contributed by atoms with van der Waals surface area (Å²) in [5.41, 5.74) is 1.49. The molecule has 40 heavy (non-hydrogen) atoms. The number of carbonyl (C=O) groups excluding carboxylic acids is 3. The van der Waals surface area contributed by atoms with E-state index < -0.39 is 0 Å². The number of urea groups is 1. The van der Waals surface area contributed by atoms with Crippen LogP contribution >= 0.6 is 11.8 Å². The van der Waals surface area contributed by atoms with Crippen molar-refractivity contribution in [2.75, 3.05) is 45.2 Å². The van der Waals surface area contributed by atoms with Crippen LogP contribution in [0.15, 0.2) is 65.2 Å². The first kappa shape index (κ1) is 26.7. The van der Waals surface area contributed by atoms with Gasteiger partial charge in [-0.2, -0.15) is 0 Å². The number of hydrogen-bond acceptors (Lipinski definition) is 7. The average Bonchev–Trinajstić information content (AvgIpc) is 3.56. The van der Waals surface area contributed by atoms with E-state index in [-0.39, 0.29) is 41.2 Å². The van der Waals surface area contributed by atoms with E-state index in [2.05, 4.69) is 16.0 Å². The maximum Gasteiger partial charge on any atom is 0.326 e. The fourth-order valence-corrected chi connectivity index (χ4v) is 7.35. The molecule has 3 fully saturated rings. The largest absolute Gasteiger partial charge is 0.457 e. The first-order chi connectivity index (χ1) is 19.4. The Morgan fingerprint density at radius 2 is 1.82 bits per heavy atom. The maximum absolute atomic E-state index is 13.5. The van der Waals surface area contributed by atoms with Crippen molar-refractivity contribution in [1.29, 1.82) is 0 Å². The molecule has 0 aliphatic carbocycles. The highest BCUT2D eigenvalue weighted by Crippen LogP contribution is 2.48. The number of hydrogen-bond donors (Lipinski definition) is 3. The van der Waals surface area contributed by atoms with Gasteiger partial charge in [0.1, 0.15) is 11.5 Å². The molecule has 3 N–H and O–H groups in total. The molecule has 3 unspecified atom stereocenters. The molecule has 210 valence electrons. The van der Waals surface area contributed by atoms with Crippen LogP contribution in [0.25, 0.3) is 0 Å². The summed E-state index contributed by atoms with van der Waals surface area (Å²) < 4.78 is 5.92. The van der Waals surface area contributed by atoms with Crippen molar-refractivity contribution >= 4 is 35.3 Å². The number of rotatable bonds is 7. The number of benzene rings is 2. The molecular weight excluding hydrogens is 528 g/mol. The number of ether oxygens (including phenoxy) is 1. The van der Waals surface area contributed by atoms with Crippen molar-refractivity contribution in [2.24, 2.45) is 5.92 Å². The van der Waals surface area contributed by atoms with Gasteiger partial charge in [0.05, 0.1) is 22.9 Å².